The number of carboxylic acids is 1. The van der Waals surface area contributed by atoms with Crippen molar-refractivity contribution < 1.29 is 15.0 Å². The summed E-state index contributed by atoms with van der Waals surface area (Å²) in [5, 5.41) is 21.3. The third kappa shape index (κ3) is 4.17. The van der Waals surface area contributed by atoms with Gasteiger partial charge in [-0.3, -0.25) is 4.79 Å². The predicted molar refractivity (Wildman–Crippen MR) is 65.9 cm³/mol. The number of aliphatic hydroxyl groups excluding tert-OH is 1. The lowest BCUT2D eigenvalue weighted by molar-refractivity contribution is -0.136. The van der Waals surface area contributed by atoms with Crippen molar-refractivity contribution in [2.24, 2.45) is 0 Å². The first-order valence-electron chi connectivity index (χ1n) is 5.76. The molecule has 1 rings (SSSR count). The maximum absolute atomic E-state index is 10.4. The molecule has 0 bridgehead atoms. The maximum atomic E-state index is 10.4. The first-order valence-corrected chi connectivity index (χ1v) is 5.76. The Kier molecular flexibility index (Phi) is 5.12. The zero-order valence-electron chi connectivity index (χ0n) is 10.2. The second-order valence-corrected chi connectivity index (χ2v) is 4.10. The highest BCUT2D eigenvalue weighted by Gasteiger charge is 2.16. The molecular formula is C13H19NO3. The van der Waals surface area contributed by atoms with Crippen LogP contribution in [0.3, 0.4) is 0 Å². The zero-order chi connectivity index (χ0) is 12.8. The van der Waals surface area contributed by atoms with E-state index in [-0.39, 0.29) is 12.6 Å². The van der Waals surface area contributed by atoms with Gasteiger partial charge in [-0.15, -0.1) is 0 Å². The van der Waals surface area contributed by atoms with Crippen molar-refractivity contribution in [3.8, 4) is 0 Å². The molecule has 0 heterocycles. The van der Waals surface area contributed by atoms with Crippen LogP contribution < -0.4 is 5.32 Å². The smallest absolute Gasteiger partial charge is 0.317 e. The van der Waals surface area contributed by atoms with Crippen LogP contribution in [-0.2, 0) is 11.2 Å². The normalized spacial score (nSPS) is 14.3. The number of aliphatic carboxylic acids is 1. The summed E-state index contributed by atoms with van der Waals surface area (Å²) in [5.41, 5.74) is 2.01. The average Bonchev–Trinajstić information content (AvgIpc) is 2.35. The van der Waals surface area contributed by atoms with Crippen LogP contribution in [-0.4, -0.2) is 28.8 Å². The number of aryl methyl sites for hydroxylation is 1. The predicted octanol–water partition coefficient (Wildman–Crippen LogP) is 1.35. The molecule has 3 N–H and O–H groups in total. The van der Waals surface area contributed by atoms with Gasteiger partial charge in [-0.1, -0.05) is 31.2 Å². The van der Waals surface area contributed by atoms with Gasteiger partial charge in [-0.05, 0) is 24.5 Å². The molecule has 4 nitrogen and oxygen atoms in total. The van der Waals surface area contributed by atoms with Crippen LogP contribution in [0.1, 0.15) is 31.1 Å². The molecule has 17 heavy (non-hydrogen) atoms. The Bertz CT molecular complexity index is 361. The average molecular weight is 237 g/mol. The second-order valence-electron chi connectivity index (χ2n) is 4.10. The van der Waals surface area contributed by atoms with E-state index in [9.17, 15) is 9.90 Å². The minimum absolute atomic E-state index is 0.148. The van der Waals surface area contributed by atoms with Crippen molar-refractivity contribution in [3.05, 3.63) is 35.4 Å². The van der Waals surface area contributed by atoms with Gasteiger partial charge in [0.25, 0.3) is 0 Å². The summed E-state index contributed by atoms with van der Waals surface area (Å²) in [4.78, 5) is 10.4. The number of carbonyl (C=O) groups is 1. The van der Waals surface area contributed by atoms with Crippen LogP contribution in [0.25, 0.3) is 0 Å². The summed E-state index contributed by atoms with van der Waals surface area (Å²) in [7, 11) is 0. The standard InChI is InChI=1S/C13H19NO3/c1-3-10-4-6-11(7-5-10)13(17)9(2)14-8-12(15)16/h4-7,9,13-14,17H,3,8H2,1-2H3,(H,15,16). The van der Waals surface area contributed by atoms with Gasteiger partial charge in [0.2, 0.25) is 0 Å². The Hall–Kier alpha value is -1.39. The Balaban J connectivity index is 2.60. The molecule has 0 aromatic heterocycles. The van der Waals surface area contributed by atoms with Crippen molar-refractivity contribution in [2.75, 3.05) is 6.54 Å². The summed E-state index contributed by atoms with van der Waals surface area (Å²) in [6.07, 6.45) is 0.267. The summed E-state index contributed by atoms with van der Waals surface area (Å²) in [5.74, 6) is -0.926. The molecule has 0 saturated heterocycles. The molecule has 2 unspecified atom stereocenters. The van der Waals surface area contributed by atoms with E-state index in [0.29, 0.717) is 0 Å². The summed E-state index contributed by atoms with van der Waals surface area (Å²) < 4.78 is 0. The van der Waals surface area contributed by atoms with Crippen molar-refractivity contribution in [1.29, 1.82) is 0 Å². The summed E-state index contributed by atoms with van der Waals surface area (Å²) in [6.45, 7) is 3.69. The summed E-state index contributed by atoms with van der Waals surface area (Å²) >= 11 is 0. The Morgan fingerprint density at radius 2 is 1.94 bits per heavy atom. The largest absolute Gasteiger partial charge is 0.480 e. The molecule has 0 aliphatic heterocycles. The first-order chi connectivity index (χ1) is 8.04. The van der Waals surface area contributed by atoms with Gasteiger partial charge in [0.1, 0.15) is 0 Å². The highest BCUT2D eigenvalue weighted by molar-refractivity contribution is 5.69. The number of rotatable bonds is 6. The minimum Gasteiger partial charge on any atom is -0.480 e. The van der Waals surface area contributed by atoms with E-state index < -0.39 is 12.1 Å². The van der Waals surface area contributed by atoms with Crippen molar-refractivity contribution in [1.82, 2.24) is 5.32 Å². The Morgan fingerprint density at radius 3 is 2.41 bits per heavy atom. The fraction of sp³-hybridized carbons (Fsp3) is 0.462. The molecule has 0 fully saturated rings. The van der Waals surface area contributed by atoms with Crippen LogP contribution in [0.2, 0.25) is 0 Å². The van der Waals surface area contributed by atoms with Crippen molar-refractivity contribution in [3.63, 3.8) is 0 Å². The first kappa shape index (κ1) is 13.7. The van der Waals surface area contributed by atoms with Gasteiger partial charge in [-0.2, -0.15) is 0 Å². The zero-order valence-corrected chi connectivity index (χ0v) is 10.2. The fourth-order valence-corrected chi connectivity index (χ4v) is 1.60. The number of aliphatic hydroxyl groups is 1. The van der Waals surface area contributed by atoms with E-state index in [1.165, 1.54) is 5.56 Å². The third-order valence-corrected chi connectivity index (χ3v) is 2.78. The quantitative estimate of drug-likeness (QED) is 0.698. The van der Waals surface area contributed by atoms with Crippen LogP contribution in [0.4, 0.5) is 0 Å². The lowest BCUT2D eigenvalue weighted by Gasteiger charge is -2.20. The SMILES string of the molecule is CCc1ccc(C(O)C(C)NCC(=O)O)cc1. The molecule has 0 aliphatic rings. The van der Waals surface area contributed by atoms with Crippen LogP contribution in [0.15, 0.2) is 24.3 Å². The number of hydrogen-bond donors (Lipinski definition) is 3. The molecule has 0 aliphatic carbocycles. The molecule has 0 amide bonds. The van der Waals surface area contributed by atoms with Gasteiger partial charge < -0.3 is 15.5 Å². The number of benzene rings is 1. The molecule has 0 saturated carbocycles. The van der Waals surface area contributed by atoms with Crippen molar-refractivity contribution in [2.45, 2.75) is 32.4 Å². The third-order valence-electron chi connectivity index (χ3n) is 2.78. The molecule has 0 radical (unpaired) electrons. The number of nitrogens with one attached hydrogen (secondary N) is 1. The highest BCUT2D eigenvalue weighted by Crippen LogP contribution is 2.17. The topological polar surface area (TPSA) is 69.6 Å². The maximum Gasteiger partial charge on any atom is 0.317 e. The monoisotopic (exact) mass is 237 g/mol. The molecule has 2 atom stereocenters. The molecular weight excluding hydrogens is 218 g/mol. The van der Waals surface area contributed by atoms with E-state index in [0.717, 1.165) is 12.0 Å². The molecule has 1 aromatic carbocycles. The molecule has 0 spiro atoms. The second kappa shape index (κ2) is 6.37. The Labute approximate surface area is 101 Å². The molecule has 4 heteroatoms. The Morgan fingerprint density at radius 1 is 1.35 bits per heavy atom. The lowest BCUT2D eigenvalue weighted by Crippen LogP contribution is -2.35. The minimum atomic E-state index is -0.926. The van der Waals surface area contributed by atoms with E-state index in [2.05, 4.69) is 12.2 Å². The number of hydrogen-bond acceptors (Lipinski definition) is 3. The fourth-order valence-electron chi connectivity index (χ4n) is 1.60. The van der Waals surface area contributed by atoms with E-state index in [4.69, 9.17) is 5.11 Å². The summed E-state index contributed by atoms with van der Waals surface area (Å²) in [6, 6.07) is 7.41. The van der Waals surface area contributed by atoms with Gasteiger partial charge in [0.05, 0.1) is 12.6 Å². The lowest BCUT2D eigenvalue weighted by atomic mass is 10.0. The van der Waals surface area contributed by atoms with Crippen molar-refractivity contribution >= 4 is 5.97 Å². The van der Waals surface area contributed by atoms with Gasteiger partial charge in [0.15, 0.2) is 0 Å². The van der Waals surface area contributed by atoms with Crippen LogP contribution >= 0.6 is 0 Å². The molecule has 94 valence electrons. The van der Waals surface area contributed by atoms with Crippen LogP contribution in [0.5, 0.6) is 0 Å². The van der Waals surface area contributed by atoms with E-state index in [1.54, 1.807) is 6.92 Å². The number of carboxylic acid groups (broad SMARTS) is 1. The highest BCUT2D eigenvalue weighted by atomic mass is 16.4. The van der Waals surface area contributed by atoms with Gasteiger partial charge in [-0.25, -0.2) is 0 Å². The van der Waals surface area contributed by atoms with Gasteiger partial charge >= 0.3 is 5.97 Å². The van der Waals surface area contributed by atoms with E-state index in [1.807, 2.05) is 24.3 Å². The molecule has 1 aromatic rings. The van der Waals surface area contributed by atoms with Crippen LogP contribution in [0, 0.1) is 0 Å². The van der Waals surface area contributed by atoms with Gasteiger partial charge in [0, 0.05) is 6.04 Å². The van der Waals surface area contributed by atoms with E-state index >= 15 is 0 Å².